The van der Waals surface area contributed by atoms with Gasteiger partial charge >= 0.3 is 0 Å². The Balaban J connectivity index is 1.86. The van der Waals surface area contributed by atoms with E-state index in [9.17, 15) is 5.11 Å². The largest absolute Gasteiger partial charge is 0.506 e. The number of phenols is 1. The lowest BCUT2D eigenvalue weighted by atomic mass is 10.1. The normalized spacial score (nSPS) is 15.6. The molecule has 8 heteroatoms. The number of fused-ring (bicyclic) bond motifs is 2. The number of nitrogens with one attached hydrogen (secondary N) is 1. The standard InChI is InChI=1S/C17H13Cl2N3O3/c1-7-24-15-2-8-12(5-16(15)25-7)21-6-11(20)17(8)22-13-4-14(23)10(19)3-9(13)18/h2-7,23H,20H2,1H3,(H,21,22). The number of benzene rings is 2. The highest BCUT2D eigenvalue weighted by molar-refractivity contribution is 6.37. The second kappa shape index (κ2) is 5.75. The van der Waals surface area contributed by atoms with Crippen LogP contribution >= 0.6 is 23.2 Å². The molecule has 6 nitrogen and oxygen atoms in total. The van der Waals surface area contributed by atoms with Gasteiger partial charge in [-0.05, 0) is 12.1 Å². The number of hydrogen-bond donors (Lipinski definition) is 3. The zero-order chi connectivity index (χ0) is 17.7. The van der Waals surface area contributed by atoms with E-state index in [-0.39, 0.29) is 17.1 Å². The summed E-state index contributed by atoms with van der Waals surface area (Å²) >= 11 is 12.1. The maximum absolute atomic E-state index is 9.83. The van der Waals surface area contributed by atoms with Crippen LogP contribution in [0, 0.1) is 0 Å². The van der Waals surface area contributed by atoms with E-state index < -0.39 is 0 Å². The third-order valence-corrected chi connectivity index (χ3v) is 4.46. The van der Waals surface area contributed by atoms with Crippen molar-refractivity contribution in [1.82, 2.24) is 4.98 Å². The lowest BCUT2D eigenvalue weighted by Gasteiger charge is -2.14. The second-order valence-electron chi connectivity index (χ2n) is 5.62. The van der Waals surface area contributed by atoms with E-state index in [1.165, 1.54) is 12.1 Å². The first-order valence-corrected chi connectivity index (χ1v) is 8.18. The Bertz CT molecular complexity index is 1010. The fourth-order valence-electron chi connectivity index (χ4n) is 2.69. The Morgan fingerprint density at radius 1 is 1.12 bits per heavy atom. The van der Waals surface area contributed by atoms with E-state index >= 15 is 0 Å². The summed E-state index contributed by atoms with van der Waals surface area (Å²) in [4.78, 5) is 4.34. The van der Waals surface area contributed by atoms with Crippen LogP contribution in [0.15, 0.2) is 30.5 Å². The average molecular weight is 378 g/mol. The van der Waals surface area contributed by atoms with Crippen LogP contribution in [0.25, 0.3) is 10.9 Å². The summed E-state index contributed by atoms with van der Waals surface area (Å²) in [7, 11) is 0. The molecule has 4 N–H and O–H groups in total. The van der Waals surface area contributed by atoms with Crippen LogP contribution in [-0.2, 0) is 0 Å². The van der Waals surface area contributed by atoms with Gasteiger partial charge in [0.25, 0.3) is 0 Å². The van der Waals surface area contributed by atoms with Crippen LogP contribution in [0.2, 0.25) is 10.0 Å². The van der Waals surface area contributed by atoms with E-state index in [0.717, 1.165) is 5.39 Å². The molecule has 4 rings (SSSR count). The van der Waals surface area contributed by atoms with E-state index in [1.807, 2.05) is 13.0 Å². The third-order valence-electron chi connectivity index (χ3n) is 3.84. The van der Waals surface area contributed by atoms with Gasteiger partial charge < -0.3 is 25.6 Å². The van der Waals surface area contributed by atoms with E-state index in [0.29, 0.717) is 39.1 Å². The van der Waals surface area contributed by atoms with Crippen molar-refractivity contribution in [2.24, 2.45) is 0 Å². The number of ether oxygens (including phenoxy) is 2. The molecule has 0 saturated heterocycles. The Hall–Kier alpha value is -2.57. The topological polar surface area (TPSA) is 89.6 Å². The molecule has 1 atom stereocenters. The monoisotopic (exact) mass is 377 g/mol. The third kappa shape index (κ3) is 2.73. The molecule has 1 aromatic heterocycles. The molecule has 0 aliphatic carbocycles. The summed E-state index contributed by atoms with van der Waals surface area (Å²) in [5.41, 5.74) is 8.26. The summed E-state index contributed by atoms with van der Waals surface area (Å²) in [6.07, 6.45) is 1.18. The molecule has 1 aliphatic heterocycles. The molecular weight excluding hydrogens is 365 g/mol. The molecule has 0 bridgehead atoms. The number of anilines is 3. The van der Waals surface area contributed by atoms with Gasteiger partial charge in [-0.25, -0.2) is 0 Å². The van der Waals surface area contributed by atoms with Crippen LogP contribution in [-0.4, -0.2) is 16.4 Å². The van der Waals surface area contributed by atoms with Gasteiger partial charge in [0.05, 0.1) is 38.8 Å². The maximum Gasteiger partial charge on any atom is 0.238 e. The van der Waals surface area contributed by atoms with Crippen molar-refractivity contribution in [3.63, 3.8) is 0 Å². The van der Waals surface area contributed by atoms with Gasteiger partial charge in [-0.1, -0.05) is 23.2 Å². The molecule has 25 heavy (non-hydrogen) atoms. The molecule has 0 radical (unpaired) electrons. The molecule has 128 valence electrons. The Labute approximate surface area is 153 Å². The minimum Gasteiger partial charge on any atom is -0.506 e. The number of hydrogen-bond acceptors (Lipinski definition) is 6. The second-order valence-corrected chi connectivity index (χ2v) is 6.43. The molecule has 1 unspecified atom stereocenters. The van der Waals surface area contributed by atoms with E-state index in [2.05, 4.69) is 10.3 Å². The summed E-state index contributed by atoms with van der Waals surface area (Å²) in [5, 5.41) is 14.2. The summed E-state index contributed by atoms with van der Waals surface area (Å²) in [6.45, 7) is 1.81. The molecule has 0 fully saturated rings. The molecule has 0 amide bonds. The molecule has 1 aliphatic rings. The fourth-order valence-corrected chi connectivity index (χ4v) is 3.12. The number of nitrogen functional groups attached to an aromatic ring is 1. The van der Waals surface area contributed by atoms with Gasteiger partial charge in [-0.2, -0.15) is 0 Å². The summed E-state index contributed by atoms with van der Waals surface area (Å²) in [6, 6.07) is 6.49. The summed E-state index contributed by atoms with van der Waals surface area (Å²) < 4.78 is 11.2. The maximum atomic E-state index is 9.83. The van der Waals surface area contributed by atoms with Crippen LogP contribution < -0.4 is 20.5 Å². The van der Waals surface area contributed by atoms with Gasteiger partial charge in [0.2, 0.25) is 6.29 Å². The molecule has 0 saturated carbocycles. The van der Waals surface area contributed by atoms with Crippen molar-refractivity contribution in [2.45, 2.75) is 13.2 Å². The lowest BCUT2D eigenvalue weighted by molar-refractivity contribution is 0.0679. The highest BCUT2D eigenvalue weighted by atomic mass is 35.5. The zero-order valence-corrected chi connectivity index (χ0v) is 14.5. The highest BCUT2D eigenvalue weighted by Gasteiger charge is 2.22. The molecular formula is C17H13Cl2N3O3. The number of aromatic hydroxyl groups is 1. The number of pyridine rings is 1. The SMILES string of the molecule is CC1Oc2cc3ncc(N)c(Nc4cc(O)c(Cl)cc4Cl)c3cc2O1. The lowest BCUT2D eigenvalue weighted by Crippen LogP contribution is -2.11. The Morgan fingerprint density at radius 3 is 2.60 bits per heavy atom. The summed E-state index contributed by atoms with van der Waals surface area (Å²) in [5.74, 6) is 1.16. The van der Waals surface area contributed by atoms with E-state index in [1.54, 1.807) is 12.3 Å². The molecule has 2 heterocycles. The fraction of sp³-hybridized carbons (Fsp3) is 0.118. The average Bonchev–Trinajstić information content (AvgIpc) is 2.92. The Morgan fingerprint density at radius 2 is 1.84 bits per heavy atom. The minimum absolute atomic E-state index is 0.0862. The number of phenolic OH excluding ortho intramolecular Hbond substituents is 1. The smallest absolute Gasteiger partial charge is 0.238 e. The van der Waals surface area contributed by atoms with Crippen LogP contribution in [0.5, 0.6) is 17.2 Å². The number of nitrogens with two attached hydrogens (primary N) is 1. The van der Waals surface area contributed by atoms with Crippen molar-refractivity contribution in [1.29, 1.82) is 0 Å². The van der Waals surface area contributed by atoms with Crippen molar-refractivity contribution in [3.8, 4) is 17.2 Å². The Kier molecular flexibility index (Phi) is 3.67. The predicted octanol–water partition coefficient (Wildman–Crippen LogP) is 4.69. The first-order chi connectivity index (χ1) is 11.9. The van der Waals surface area contributed by atoms with Crippen LogP contribution in [0.4, 0.5) is 17.1 Å². The number of aromatic nitrogens is 1. The van der Waals surface area contributed by atoms with Gasteiger partial charge in [-0.15, -0.1) is 0 Å². The van der Waals surface area contributed by atoms with E-state index in [4.69, 9.17) is 38.4 Å². The number of nitrogens with zero attached hydrogens (tertiary/aromatic N) is 1. The van der Waals surface area contributed by atoms with Crippen molar-refractivity contribution >= 4 is 51.2 Å². The van der Waals surface area contributed by atoms with Crippen LogP contribution in [0.1, 0.15) is 6.92 Å². The zero-order valence-electron chi connectivity index (χ0n) is 13.0. The number of rotatable bonds is 2. The quantitative estimate of drug-likeness (QED) is 0.600. The molecule has 0 spiro atoms. The predicted molar refractivity (Wildman–Crippen MR) is 98.3 cm³/mol. The first kappa shape index (κ1) is 15.9. The molecule has 3 aromatic rings. The van der Waals surface area contributed by atoms with Crippen molar-refractivity contribution < 1.29 is 14.6 Å². The van der Waals surface area contributed by atoms with Gasteiger partial charge in [0.15, 0.2) is 11.5 Å². The van der Waals surface area contributed by atoms with Crippen LogP contribution in [0.3, 0.4) is 0 Å². The minimum atomic E-state index is -0.358. The van der Waals surface area contributed by atoms with Crippen molar-refractivity contribution in [3.05, 3.63) is 40.5 Å². The van der Waals surface area contributed by atoms with Gasteiger partial charge in [0, 0.05) is 24.4 Å². The highest BCUT2D eigenvalue weighted by Crippen LogP contribution is 2.43. The van der Waals surface area contributed by atoms with Gasteiger partial charge in [0.1, 0.15) is 5.75 Å². The van der Waals surface area contributed by atoms with Gasteiger partial charge in [-0.3, -0.25) is 4.98 Å². The first-order valence-electron chi connectivity index (χ1n) is 7.43. The number of halogens is 2. The van der Waals surface area contributed by atoms with Crippen molar-refractivity contribution in [2.75, 3.05) is 11.1 Å². The molecule has 2 aromatic carbocycles.